The molecule has 6 unspecified atom stereocenters. The molecular weight excluding hydrogens is 540 g/mol. The zero-order valence-electron chi connectivity index (χ0n) is 27.7. The van der Waals surface area contributed by atoms with E-state index in [1.165, 1.54) is 64.2 Å². The second-order valence-electron chi connectivity index (χ2n) is 13.3. The van der Waals surface area contributed by atoms with Crippen molar-refractivity contribution in [3.63, 3.8) is 0 Å². The monoisotopic (exact) mass is 606 g/mol. The smallest absolute Gasteiger partial charge is 0.334 e. The van der Waals surface area contributed by atoms with Gasteiger partial charge in [-0.1, -0.05) is 103 Å². The van der Waals surface area contributed by atoms with Gasteiger partial charge in [0.15, 0.2) is 0 Å². The Morgan fingerprint density at radius 2 is 1.37 bits per heavy atom. The third-order valence-electron chi connectivity index (χ3n) is 9.26. The van der Waals surface area contributed by atoms with Crippen LogP contribution in [0.4, 0.5) is 0 Å². The molecule has 0 saturated carbocycles. The minimum absolute atomic E-state index is 0.0748. The SMILES string of the molecule is CCCCCCCCCCCC/C=C/CCC(O)C(O)CCC(O)C1CCC(CCCCCCCC2=CC(C)OC2=O)O1. The first-order valence-corrected chi connectivity index (χ1v) is 18.2. The van der Waals surface area contributed by atoms with Gasteiger partial charge in [-0.2, -0.15) is 0 Å². The fourth-order valence-corrected chi connectivity index (χ4v) is 6.43. The van der Waals surface area contributed by atoms with Gasteiger partial charge in [-0.3, -0.25) is 0 Å². The van der Waals surface area contributed by atoms with Gasteiger partial charge in [0.05, 0.1) is 30.5 Å². The summed E-state index contributed by atoms with van der Waals surface area (Å²) in [5, 5.41) is 31.4. The first kappa shape index (κ1) is 38.0. The van der Waals surface area contributed by atoms with Gasteiger partial charge in [0, 0.05) is 5.57 Å². The number of aliphatic hydroxyl groups excluding tert-OH is 3. The number of aliphatic hydroxyl groups is 3. The van der Waals surface area contributed by atoms with E-state index in [1.54, 1.807) is 0 Å². The van der Waals surface area contributed by atoms with Crippen LogP contribution in [0.15, 0.2) is 23.8 Å². The van der Waals surface area contributed by atoms with E-state index in [0.717, 1.165) is 76.2 Å². The van der Waals surface area contributed by atoms with Crippen molar-refractivity contribution in [1.29, 1.82) is 0 Å². The quantitative estimate of drug-likeness (QED) is 0.0492. The molecule has 0 radical (unpaired) electrons. The molecule has 0 spiro atoms. The van der Waals surface area contributed by atoms with Gasteiger partial charge < -0.3 is 24.8 Å². The van der Waals surface area contributed by atoms with Crippen molar-refractivity contribution < 1.29 is 29.6 Å². The van der Waals surface area contributed by atoms with E-state index in [1.807, 2.05) is 13.0 Å². The van der Waals surface area contributed by atoms with Crippen molar-refractivity contribution in [2.24, 2.45) is 0 Å². The Labute approximate surface area is 263 Å². The maximum absolute atomic E-state index is 11.7. The molecule has 0 aliphatic carbocycles. The lowest BCUT2D eigenvalue weighted by Gasteiger charge is -2.22. The molecule has 2 heterocycles. The molecule has 2 aliphatic rings. The molecule has 250 valence electrons. The Bertz CT molecular complexity index is 764. The molecule has 3 N–H and O–H groups in total. The summed E-state index contributed by atoms with van der Waals surface area (Å²) in [6, 6.07) is 0. The van der Waals surface area contributed by atoms with Gasteiger partial charge in [-0.25, -0.2) is 4.79 Å². The fourth-order valence-electron chi connectivity index (χ4n) is 6.43. The van der Waals surface area contributed by atoms with Crippen LogP contribution < -0.4 is 0 Å². The molecule has 2 rings (SSSR count). The second kappa shape index (κ2) is 24.1. The Hall–Kier alpha value is -1.21. The molecule has 1 saturated heterocycles. The average Bonchev–Trinajstić information content (AvgIpc) is 3.60. The highest BCUT2D eigenvalue weighted by atomic mass is 16.5. The summed E-state index contributed by atoms with van der Waals surface area (Å²) < 4.78 is 11.3. The summed E-state index contributed by atoms with van der Waals surface area (Å²) in [6.07, 6.45) is 30.2. The van der Waals surface area contributed by atoms with Crippen molar-refractivity contribution in [3.8, 4) is 0 Å². The van der Waals surface area contributed by atoms with Crippen LogP contribution in [0.25, 0.3) is 0 Å². The summed E-state index contributed by atoms with van der Waals surface area (Å²) in [7, 11) is 0. The van der Waals surface area contributed by atoms with Gasteiger partial charge >= 0.3 is 5.97 Å². The van der Waals surface area contributed by atoms with E-state index in [2.05, 4.69) is 19.1 Å². The number of rotatable bonds is 27. The zero-order valence-corrected chi connectivity index (χ0v) is 27.7. The van der Waals surface area contributed by atoms with E-state index < -0.39 is 18.3 Å². The highest BCUT2D eigenvalue weighted by Crippen LogP contribution is 2.28. The second-order valence-corrected chi connectivity index (χ2v) is 13.3. The van der Waals surface area contributed by atoms with E-state index in [-0.39, 0.29) is 24.3 Å². The predicted molar refractivity (Wildman–Crippen MR) is 176 cm³/mol. The molecule has 2 aliphatic heterocycles. The molecule has 0 aromatic heterocycles. The summed E-state index contributed by atoms with van der Waals surface area (Å²) >= 11 is 0. The largest absolute Gasteiger partial charge is 0.455 e. The number of ether oxygens (including phenoxy) is 2. The van der Waals surface area contributed by atoms with E-state index in [0.29, 0.717) is 19.3 Å². The van der Waals surface area contributed by atoms with Crippen molar-refractivity contribution >= 4 is 5.97 Å². The third-order valence-corrected chi connectivity index (χ3v) is 9.26. The van der Waals surface area contributed by atoms with Crippen LogP contribution in [-0.2, 0) is 14.3 Å². The van der Waals surface area contributed by atoms with Crippen LogP contribution in [-0.4, -0.2) is 57.9 Å². The predicted octanol–water partition coefficient (Wildman–Crippen LogP) is 8.65. The molecule has 6 atom stereocenters. The number of hydrogen-bond acceptors (Lipinski definition) is 6. The number of cyclic esters (lactones) is 1. The highest BCUT2D eigenvalue weighted by Gasteiger charge is 2.31. The van der Waals surface area contributed by atoms with E-state index in [9.17, 15) is 20.1 Å². The van der Waals surface area contributed by atoms with Crippen LogP contribution in [0.2, 0.25) is 0 Å². The highest BCUT2D eigenvalue weighted by molar-refractivity contribution is 5.90. The fraction of sp³-hybridized carbons (Fsp3) is 0.865. The van der Waals surface area contributed by atoms with E-state index >= 15 is 0 Å². The first-order valence-electron chi connectivity index (χ1n) is 18.2. The van der Waals surface area contributed by atoms with E-state index in [4.69, 9.17) is 9.47 Å². The van der Waals surface area contributed by atoms with Gasteiger partial charge in [0.2, 0.25) is 0 Å². The molecule has 6 nitrogen and oxygen atoms in total. The molecule has 0 aromatic rings. The summed E-state index contributed by atoms with van der Waals surface area (Å²) in [5.74, 6) is -0.147. The zero-order chi connectivity index (χ0) is 31.1. The van der Waals surface area contributed by atoms with Crippen molar-refractivity contribution in [3.05, 3.63) is 23.8 Å². The number of hydrogen-bond donors (Lipinski definition) is 3. The Morgan fingerprint density at radius 1 is 0.767 bits per heavy atom. The van der Waals surface area contributed by atoms with Crippen LogP contribution in [0.5, 0.6) is 0 Å². The summed E-state index contributed by atoms with van der Waals surface area (Å²) in [5.41, 5.74) is 0.834. The van der Waals surface area contributed by atoms with Crippen molar-refractivity contribution in [1.82, 2.24) is 0 Å². The molecule has 0 amide bonds. The normalized spacial score (nSPS) is 22.7. The molecule has 0 aromatic carbocycles. The maximum Gasteiger partial charge on any atom is 0.334 e. The minimum Gasteiger partial charge on any atom is -0.455 e. The number of esters is 1. The molecule has 0 bridgehead atoms. The standard InChI is InChI=1S/C37H66O6/c1-3-4-5-6-7-8-9-10-11-12-13-14-18-21-24-33(38)34(39)26-27-35(40)36-28-25-32(43-36)23-20-17-15-16-19-22-31-29-30(2)42-37(31)41/h14,18,29-30,32-36,38-40H,3-13,15-17,19-28H2,1-2H3/b18-14+. The Kier molecular flexibility index (Phi) is 21.3. The van der Waals surface area contributed by atoms with Crippen LogP contribution in [0.1, 0.15) is 168 Å². The maximum atomic E-state index is 11.7. The summed E-state index contributed by atoms with van der Waals surface area (Å²) in [4.78, 5) is 11.7. The number of allylic oxidation sites excluding steroid dienone is 2. The topological polar surface area (TPSA) is 96.2 Å². The lowest BCUT2D eigenvalue weighted by atomic mass is 9.98. The Balaban J connectivity index is 1.40. The number of unbranched alkanes of at least 4 members (excludes halogenated alkanes) is 14. The molecule has 43 heavy (non-hydrogen) atoms. The molecule has 6 heteroatoms. The molecular formula is C37H66O6. The number of carbonyl (C=O) groups is 1. The van der Waals surface area contributed by atoms with Crippen LogP contribution in [0, 0.1) is 0 Å². The third kappa shape index (κ3) is 17.8. The average molecular weight is 607 g/mol. The van der Waals surface area contributed by atoms with Crippen LogP contribution >= 0.6 is 0 Å². The van der Waals surface area contributed by atoms with Crippen LogP contribution in [0.3, 0.4) is 0 Å². The van der Waals surface area contributed by atoms with Gasteiger partial charge in [-0.15, -0.1) is 0 Å². The first-order chi connectivity index (χ1) is 20.9. The van der Waals surface area contributed by atoms with Crippen molar-refractivity contribution in [2.75, 3.05) is 0 Å². The lowest BCUT2D eigenvalue weighted by Crippen LogP contribution is -2.31. The van der Waals surface area contributed by atoms with Gasteiger partial charge in [0.1, 0.15) is 6.10 Å². The van der Waals surface area contributed by atoms with Crippen molar-refractivity contribution in [2.45, 2.75) is 205 Å². The molecule has 1 fully saturated rings. The lowest BCUT2D eigenvalue weighted by molar-refractivity contribution is -0.139. The summed E-state index contributed by atoms with van der Waals surface area (Å²) in [6.45, 7) is 4.16. The minimum atomic E-state index is -0.804. The van der Waals surface area contributed by atoms with Gasteiger partial charge in [0.25, 0.3) is 0 Å². The van der Waals surface area contributed by atoms with Gasteiger partial charge in [-0.05, 0) is 83.6 Å². The number of carbonyl (C=O) groups excluding carboxylic acids is 1. The Morgan fingerprint density at radius 3 is 2.05 bits per heavy atom.